The Morgan fingerprint density at radius 1 is 1.33 bits per heavy atom. The Kier molecular flexibility index (Phi) is 5.63. The third-order valence-corrected chi connectivity index (χ3v) is 3.10. The summed E-state index contributed by atoms with van der Waals surface area (Å²) in [6.07, 6.45) is 1.69. The summed E-state index contributed by atoms with van der Waals surface area (Å²) >= 11 is 4.07. The summed E-state index contributed by atoms with van der Waals surface area (Å²) in [6.45, 7) is 2.88. The molecule has 1 aromatic carbocycles. The molecule has 4 nitrogen and oxygen atoms in total. The molecule has 2 rings (SSSR count). The minimum atomic E-state index is -0.0945. The molecule has 1 amide bonds. The number of nitrogens with one attached hydrogen (secondary N) is 1. The molecule has 0 unspecified atom stereocenters. The van der Waals surface area contributed by atoms with Crippen molar-refractivity contribution < 1.29 is 9.53 Å². The zero-order valence-corrected chi connectivity index (χ0v) is 12.8. The molecule has 0 radical (unpaired) electrons. The van der Waals surface area contributed by atoms with Crippen molar-refractivity contribution in [1.29, 1.82) is 0 Å². The summed E-state index contributed by atoms with van der Waals surface area (Å²) in [7, 11) is 0. The lowest BCUT2D eigenvalue weighted by molar-refractivity contribution is 0.0956. The normalized spacial score (nSPS) is 10.2. The van der Waals surface area contributed by atoms with E-state index in [9.17, 15) is 4.79 Å². The molecule has 0 spiro atoms. The van der Waals surface area contributed by atoms with Crippen LogP contribution in [0.15, 0.2) is 42.6 Å². The highest BCUT2D eigenvalue weighted by molar-refractivity contribution is 7.80. The van der Waals surface area contributed by atoms with Crippen molar-refractivity contribution in [3.05, 3.63) is 59.4 Å². The maximum Gasteiger partial charge on any atom is 0.251 e. The molecule has 110 valence electrons. The molecule has 0 saturated carbocycles. The van der Waals surface area contributed by atoms with E-state index in [2.05, 4.69) is 22.9 Å². The van der Waals surface area contributed by atoms with E-state index in [0.29, 0.717) is 30.2 Å². The molecule has 1 N–H and O–H groups in total. The first-order valence-electron chi connectivity index (χ1n) is 6.72. The van der Waals surface area contributed by atoms with E-state index >= 15 is 0 Å². The van der Waals surface area contributed by atoms with E-state index in [-0.39, 0.29) is 5.91 Å². The lowest BCUT2D eigenvalue weighted by atomic mass is 10.1. The van der Waals surface area contributed by atoms with Gasteiger partial charge in [0, 0.05) is 23.6 Å². The van der Waals surface area contributed by atoms with E-state index in [1.807, 2.05) is 37.3 Å². The van der Waals surface area contributed by atoms with Gasteiger partial charge in [0.25, 0.3) is 5.91 Å². The molecule has 0 fully saturated rings. The monoisotopic (exact) mass is 302 g/mol. The van der Waals surface area contributed by atoms with Gasteiger partial charge in [0.2, 0.25) is 0 Å². The van der Waals surface area contributed by atoms with Gasteiger partial charge in [-0.1, -0.05) is 12.1 Å². The zero-order chi connectivity index (χ0) is 15.1. The molecule has 0 aliphatic rings. The summed E-state index contributed by atoms with van der Waals surface area (Å²) in [5, 5.41) is 2.79. The average Bonchev–Trinajstić information content (AvgIpc) is 2.52. The van der Waals surface area contributed by atoms with Crippen LogP contribution in [0, 0.1) is 6.92 Å². The van der Waals surface area contributed by atoms with Crippen LogP contribution in [0.2, 0.25) is 0 Å². The largest absolute Gasteiger partial charge is 0.487 e. The molecule has 1 heterocycles. The van der Waals surface area contributed by atoms with Crippen LogP contribution in [0.25, 0.3) is 0 Å². The van der Waals surface area contributed by atoms with Crippen LogP contribution in [-0.4, -0.2) is 23.2 Å². The van der Waals surface area contributed by atoms with Crippen LogP contribution in [-0.2, 0) is 6.61 Å². The molecular formula is C16H18N2O2S. The van der Waals surface area contributed by atoms with E-state index < -0.39 is 0 Å². The van der Waals surface area contributed by atoms with Crippen LogP contribution < -0.4 is 10.1 Å². The summed E-state index contributed by atoms with van der Waals surface area (Å²) < 4.78 is 5.66. The highest BCUT2D eigenvalue weighted by atomic mass is 32.1. The number of carbonyl (C=O) groups excluding carboxylic acids is 1. The first-order valence-corrected chi connectivity index (χ1v) is 7.36. The summed E-state index contributed by atoms with van der Waals surface area (Å²) in [5.41, 5.74) is 2.51. The quantitative estimate of drug-likeness (QED) is 0.807. The smallest absolute Gasteiger partial charge is 0.251 e. The number of aryl methyl sites for hydroxylation is 1. The molecule has 0 aliphatic carbocycles. The maximum absolute atomic E-state index is 11.9. The maximum atomic E-state index is 11.9. The predicted molar refractivity (Wildman–Crippen MR) is 85.9 cm³/mol. The van der Waals surface area contributed by atoms with Crippen LogP contribution in [0.1, 0.15) is 21.6 Å². The van der Waals surface area contributed by atoms with Gasteiger partial charge in [0.1, 0.15) is 12.4 Å². The second-order valence-corrected chi connectivity index (χ2v) is 5.05. The molecule has 0 atom stereocenters. The Bertz CT molecular complexity index is 599. The lowest BCUT2D eigenvalue weighted by Gasteiger charge is -2.08. The van der Waals surface area contributed by atoms with Gasteiger partial charge in [0.05, 0.1) is 6.20 Å². The van der Waals surface area contributed by atoms with Crippen molar-refractivity contribution in [3.8, 4) is 5.75 Å². The van der Waals surface area contributed by atoms with Crippen molar-refractivity contribution in [3.63, 3.8) is 0 Å². The third-order valence-electron chi connectivity index (χ3n) is 2.88. The standard InChI is InChI=1S/C16H18N2O2S/c1-12-5-6-15(10-18-12)20-11-13-3-2-4-14(9-13)16(19)17-7-8-21/h2-6,9-10,21H,7-8,11H2,1H3,(H,17,19). The number of hydrogen-bond donors (Lipinski definition) is 2. The topological polar surface area (TPSA) is 51.2 Å². The number of thiol groups is 1. The van der Waals surface area contributed by atoms with Gasteiger partial charge >= 0.3 is 0 Å². The number of nitrogens with zero attached hydrogens (tertiary/aromatic N) is 1. The van der Waals surface area contributed by atoms with Gasteiger partial charge < -0.3 is 10.1 Å². The predicted octanol–water partition coefficient (Wildman–Crippen LogP) is 2.63. The van der Waals surface area contributed by atoms with E-state index in [0.717, 1.165) is 11.3 Å². The molecular weight excluding hydrogens is 284 g/mol. The Hall–Kier alpha value is -2.01. The van der Waals surface area contributed by atoms with Gasteiger partial charge in [-0.05, 0) is 36.8 Å². The second kappa shape index (κ2) is 7.69. The summed E-state index contributed by atoms with van der Waals surface area (Å²) in [4.78, 5) is 16.0. The second-order valence-electron chi connectivity index (χ2n) is 4.60. The molecule has 1 aromatic heterocycles. The van der Waals surface area contributed by atoms with Gasteiger partial charge in [-0.15, -0.1) is 0 Å². The summed E-state index contributed by atoms with van der Waals surface area (Å²) in [6, 6.07) is 11.2. The number of ether oxygens (including phenoxy) is 1. The molecule has 0 bridgehead atoms. The van der Waals surface area contributed by atoms with Crippen LogP contribution in [0.3, 0.4) is 0 Å². The minimum absolute atomic E-state index is 0.0945. The fourth-order valence-corrected chi connectivity index (χ4v) is 1.89. The van der Waals surface area contributed by atoms with Crippen molar-refractivity contribution in [2.75, 3.05) is 12.3 Å². The molecule has 2 aromatic rings. The van der Waals surface area contributed by atoms with Gasteiger partial charge in [0.15, 0.2) is 0 Å². The first kappa shape index (κ1) is 15.4. The molecule has 5 heteroatoms. The van der Waals surface area contributed by atoms with E-state index in [4.69, 9.17) is 4.74 Å². The van der Waals surface area contributed by atoms with Crippen molar-refractivity contribution in [2.45, 2.75) is 13.5 Å². The highest BCUT2D eigenvalue weighted by Gasteiger charge is 2.05. The van der Waals surface area contributed by atoms with E-state index in [1.54, 1.807) is 12.3 Å². The number of rotatable bonds is 6. The van der Waals surface area contributed by atoms with Crippen molar-refractivity contribution in [2.24, 2.45) is 0 Å². The van der Waals surface area contributed by atoms with Crippen molar-refractivity contribution in [1.82, 2.24) is 10.3 Å². The van der Waals surface area contributed by atoms with Gasteiger partial charge in [-0.2, -0.15) is 12.6 Å². The SMILES string of the molecule is Cc1ccc(OCc2cccc(C(=O)NCCS)c2)cn1. The number of carbonyl (C=O) groups is 1. The molecule has 0 aliphatic heterocycles. The third kappa shape index (κ3) is 4.79. The van der Waals surface area contributed by atoms with Crippen LogP contribution >= 0.6 is 12.6 Å². The van der Waals surface area contributed by atoms with Crippen LogP contribution in [0.5, 0.6) is 5.75 Å². The van der Waals surface area contributed by atoms with Gasteiger partial charge in [-0.25, -0.2) is 0 Å². The number of hydrogen-bond acceptors (Lipinski definition) is 4. The first-order chi connectivity index (χ1) is 10.2. The van der Waals surface area contributed by atoms with Crippen molar-refractivity contribution >= 4 is 18.5 Å². The van der Waals surface area contributed by atoms with Crippen LogP contribution in [0.4, 0.5) is 0 Å². The van der Waals surface area contributed by atoms with E-state index in [1.165, 1.54) is 0 Å². The Labute approximate surface area is 130 Å². The fourth-order valence-electron chi connectivity index (χ4n) is 1.78. The lowest BCUT2D eigenvalue weighted by Crippen LogP contribution is -2.25. The molecule has 21 heavy (non-hydrogen) atoms. The Morgan fingerprint density at radius 3 is 2.90 bits per heavy atom. The number of pyridine rings is 1. The molecule has 0 saturated heterocycles. The number of amides is 1. The zero-order valence-electron chi connectivity index (χ0n) is 11.9. The summed E-state index contributed by atoms with van der Waals surface area (Å²) in [5.74, 6) is 1.24. The Balaban J connectivity index is 1.97. The number of aromatic nitrogens is 1. The Morgan fingerprint density at radius 2 is 2.19 bits per heavy atom. The minimum Gasteiger partial charge on any atom is -0.487 e. The fraction of sp³-hybridized carbons (Fsp3) is 0.250. The average molecular weight is 302 g/mol. The highest BCUT2D eigenvalue weighted by Crippen LogP contribution is 2.12. The number of benzene rings is 1. The van der Waals surface area contributed by atoms with Gasteiger partial charge in [-0.3, -0.25) is 9.78 Å².